The van der Waals surface area contributed by atoms with Crippen LogP contribution in [0.2, 0.25) is 0 Å². The molecular formula is C7H10N2S3. The van der Waals surface area contributed by atoms with Gasteiger partial charge in [-0.05, 0) is 12.8 Å². The van der Waals surface area contributed by atoms with Crippen LogP contribution in [0.4, 0.5) is 0 Å². The Hall–Kier alpha value is 0.260. The van der Waals surface area contributed by atoms with Crippen molar-refractivity contribution in [2.75, 3.05) is 0 Å². The molecule has 1 unspecified atom stereocenters. The highest BCUT2D eigenvalue weighted by Crippen LogP contribution is 2.55. The Bertz CT molecular complexity index is 256. The van der Waals surface area contributed by atoms with Crippen molar-refractivity contribution in [3.63, 3.8) is 0 Å². The average molecular weight is 218 g/mol. The first-order valence-corrected chi connectivity index (χ1v) is 6.67. The van der Waals surface area contributed by atoms with Crippen LogP contribution in [-0.2, 0) is 5.41 Å². The van der Waals surface area contributed by atoms with E-state index in [0.717, 1.165) is 0 Å². The van der Waals surface area contributed by atoms with Gasteiger partial charge in [-0.15, -0.1) is 33.2 Å². The van der Waals surface area contributed by atoms with Crippen molar-refractivity contribution in [2.45, 2.75) is 30.4 Å². The van der Waals surface area contributed by atoms with Crippen LogP contribution in [0.3, 0.4) is 0 Å². The van der Waals surface area contributed by atoms with Crippen LogP contribution in [0.25, 0.3) is 0 Å². The van der Waals surface area contributed by atoms with E-state index in [9.17, 15) is 0 Å². The Morgan fingerprint density at radius 3 is 2.92 bits per heavy atom. The third-order valence-electron chi connectivity index (χ3n) is 2.51. The molecule has 0 saturated heterocycles. The number of aromatic nitrogens is 2. The van der Waals surface area contributed by atoms with Gasteiger partial charge >= 0.3 is 0 Å². The van der Waals surface area contributed by atoms with E-state index in [2.05, 4.69) is 28.8 Å². The number of thiol groups is 1. The summed E-state index contributed by atoms with van der Waals surface area (Å²) in [6.07, 6.45) is 2.49. The van der Waals surface area contributed by atoms with Crippen molar-refractivity contribution >= 4 is 33.8 Å². The Labute approximate surface area is 85.0 Å². The molecular weight excluding hydrogens is 208 g/mol. The van der Waals surface area contributed by atoms with Crippen molar-refractivity contribution in [2.24, 2.45) is 0 Å². The largest absolute Gasteiger partial charge is 0.147 e. The zero-order chi connectivity index (χ0) is 8.60. The molecule has 0 N–H and O–H groups in total. The summed E-state index contributed by atoms with van der Waals surface area (Å²) >= 11 is 5.92. The van der Waals surface area contributed by atoms with Crippen LogP contribution in [-0.4, -0.2) is 15.4 Å². The Morgan fingerprint density at radius 2 is 2.50 bits per heavy atom. The van der Waals surface area contributed by atoms with Crippen LogP contribution < -0.4 is 0 Å². The lowest BCUT2D eigenvalue weighted by Crippen LogP contribution is -2.18. The monoisotopic (exact) mass is 218 g/mol. The molecule has 1 aliphatic rings. The molecule has 12 heavy (non-hydrogen) atoms. The van der Waals surface area contributed by atoms with Gasteiger partial charge < -0.3 is 0 Å². The second-order valence-corrected chi connectivity index (χ2v) is 5.53. The summed E-state index contributed by atoms with van der Waals surface area (Å²) in [4.78, 5) is 0. The fraction of sp³-hybridized carbons (Fsp3) is 0.714. The first-order valence-electron chi connectivity index (χ1n) is 3.86. The maximum absolute atomic E-state index is 4.25. The summed E-state index contributed by atoms with van der Waals surface area (Å²) in [5, 5.41) is 9.76. The van der Waals surface area contributed by atoms with E-state index in [1.807, 2.05) is 5.51 Å². The summed E-state index contributed by atoms with van der Waals surface area (Å²) in [6, 6.07) is 0. The van der Waals surface area contributed by atoms with Gasteiger partial charge in [0.1, 0.15) is 10.5 Å². The van der Waals surface area contributed by atoms with Gasteiger partial charge in [-0.2, -0.15) is 0 Å². The Morgan fingerprint density at radius 1 is 1.75 bits per heavy atom. The maximum Gasteiger partial charge on any atom is 0.124 e. The molecule has 1 aliphatic carbocycles. The first-order chi connectivity index (χ1) is 5.79. The van der Waals surface area contributed by atoms with E-state index in [1.54, 1.807) is 22.1 Å². The first kappa shape index (κ1) is 8.84. The molecule has 1 aromatic rings. The van der Waals surface area contributed by atoms with E-state index in [0.29, 0.717) is 10.7 Å². The Balaban J connectivity index is 2.22. The fourth-order valence-electron chi connectivity index (χ4n) is 1.42. The van der Waals surface area contributed by atoms with E-state index in [4.69, 9.17) is 0 Å². The second kappa shape index (κ2) is 3.20. The molecule has 0 radical (unpaired) electrons. The molecule has 2 rings (SSSR count). The van der Waals surface area contributed by atoms with Crippen LogP contribution in [0.15, 0.2) is 5.51 Å². The lowest BCUT2D eigenvalue weighted by molar-refractivity contribution is 0.668. The molecule has 1 fully saturated rings. The van der Waals surface area contributed by atoms with Gasteiger partial charge in [0.15, 0.2) is 0 Å². The lowest BCUT2D eigenvalue weighted by atomic mass is 10.1. The predicted octanol–water partition coefficient (Wildman–Crippen LogP) is 2.54. The minimum Gasteiger partial charge on any atom is -0.147 e. The number of hydrogen-bond acceptors (Lipinski definition) is 5. The van der Waals surface area contributed by atoms with E-state index in [-0.39, 0.29) is 0 Å². The molecule has 0 aliphatic heterocycles. The molecule has 2 nitrogen and oxygen atoms in total. The highest BCUT2D eigenvalue weighted by atomic mass is 33.1. The molecule has 0 amide bonds. The van der Waals surface area contributed by atoms with Crippen molar-refractivity contribution in [3.8, 4) is 0 Å². The van der Waals surface area contributed by atoms with E-state index < -0.39 is 0 Å². The highest BCUT2D eigenvalue weighted by molar-refractivity contribution is 8.68. The van der Waals surface area contributed by atoms with Gasteiger partial charge in [0.05, 0.1) is 0 Å². The van der Waals surface area contributed by atoms with Gasteiger partial charge in [0.25, 0.3) is 0 Å². The second-order valence-electron chi connectivity index (χ2n) is 3.15. The number of hydrogen-bond donors (Lipinski definition) is 1. The van der Waals surface area contributed by atoms with Gasteiger partial charge in [-0.3, -0.25) is 0 Å². The standard InChI is InChI=1S/C7H10N2S3/c1-5(12-10)7(2-3-7)6-9-8-4-11-6/h4-5,10H,2-3H2,1H3. The molecule has 0 spiro atoms. The fourth-order valence-corrected chi connectivity index (χ4v) is 3.55. The third-order valence-corrected chi connectivity index (χ3v) is 5.14. The predicted molar refractivity (Wildman–Crippen MR) is 56.9 cm³/mol. The van der Waals surface area contributed by atoms with Crippen molar-refractivity contribution < 1.29 is 0 Å². The molecule has 1 heterocycles. The van der Waals surface area contributed by atoms with Crippen molar-refractivity contribution in [3.05, 3.63) is 10.5 Å². The molecule has 5 heteroatoms. The van der Waals surface area contributed by atoms with E-state index in [1.165, 1.54) is 17.8 Å². The number of nitrogens with zero attached hydrogens (tertiary/aromatic N) is 2. The molecule has 1 saturated carbocycles. The topological polar surface area (TPSA) is 25.8 Å². The van der Waals surface area contributed by atoms with Crippen molar-refractivity contribution in [1.29, 1.82) is 0 Å². The van der Waals surface area contributed by atoms with Gasteiger partial charge in [-0.1, -0.05) is 17.7 Å². The van der Waals surface area contributed by atoms with Crippen LogP contribution >= 0.6 is 33.8 Å². The summed E-state index contributed by atoms with van der Waals surface area (Å²) in [5.74, 6) is 0. The smallest absolute Gasteiger partial charge is 0.124 e. The van der Waals surface area contributed by atoms with Crippen molar-refractivity contribution in [1.82, 2.24) is 10.2 Å². The third kappa shape index (κ3) is 1.28. The zero-order valence-corrected chi connectivity index (χ0v) is 9.25. The maximum atomic E-state index is 4.25. The zero-order valence-electron chi connectivity index (χ0n) is 6.73. The summed E-state index contributed by atoms with van der Waals surface area (Å²) in [5.41, 5.74) is 2.12. The molecule has 1 aromatic heterocycles. The molecule has 66 valence electrons. The van der Waals surface area contributed by atoms with Gasteiger partial charge in [0, 0.05) is 10.7 Å². The summed E-state index contributed by atoms with van der Waals surface area (Å²) in [6.45, 7) is 2.21. The Kier molecular flexibility index (Phi) is 2.35. The van der Waals surface area contributed by atoms with Crippen LogP contribution in [0.5, 0.6) is 0 Å². The highest BCUT2D eigenvalue weighted by Gasteiger charge is 2.51. The minimum absolute atomic E-state index is 0.313. The van der Waals surface area contributed by atoms with Crippen LogP contribution in [0, 0.1) is 0 Å². The average Bonchev–Trinajstić information content (AvgIpc) is 2.73. The van der Waals surface area contributed by atoms with E-state index >= 15 is 0 Å². The summed E-state index contributed by atoms with van der Waals surface area (Å²) in [7, 11) is 1.63. The molecule has 1 atom stereocenters. The van der Waals surface area contributed by atoms with Gasteiger partial charge in [-0.25, -0.2) is 0 Å². The minimum atomic E-state index is 0.313. The molecule has 0 aromatic carbocycles. The molecule has 0 bridgehead atoms. The van der Waals surface area contributed by atoms with Gasteiger partial charge in [0.2, 0.25) is 0 Å². The lowest BCUT2D eigenvalue weighted by Gasteiger charge is -2.16. The summed E-state index contributed by atoms with van der Waals surface area (Å²) < 4.78 is 0. The number of rotatable bonds is 3. The normalized spacial score (nSPS) is 22.2. The van der Waals surface area contributed by atoms with Crippen LogP contribution in [0.1, 0.15) is 24.8 Å². The SMILES string of the molecule is CC(SS)C1(c2nncs2)CC1. The quantitative estimate of drug-likeness (QED) is 0.623.